The van der Waals surface area contributed by atoms with Crippen LogP contribution in [0.2, 0.25) is 5.02 Å². The molecular weight excluding hydrogens is 222 g/mol. The van der Waals surface area contributed by atoms with Crippen LogP contribution in [0.5, 0.6) is 0 Å². The molecular formula is C12H12ClN3. The fraction of sp³-hybridized carbons (Fsp3) is 0.167. The van der Waals surface area contributed by atoms with Gasteiger partial charge in [0.1, 0.15) is 5.82 Å². The smallest absolute Gasteiger partial charge is 0.125 e. The number of hydrogen-bond acceptors (Lipinski definition) is 3. The van der Waals surface area contributed by atoms with Gasteiger partial charge in [0.05, 0.1) is 11.7 Å². The highest BCUT2D eigenvalue weighted by atomic mass is 35.5. The highest BCUT2D eigenvalue weighted by molar-refractivity contribution is 6.30. The summed E-state index contributed by atoms with van der Waals surface area (Å²) >= 11 is 5.92. The van der Waals surface area contributed by atoms with Gasteiger partial charge in [-0.25, -0.2) is 9.97 Å². The molecule has 2 N–H and O–H groups in total. The maximum absolute atomic E-state index is 6.11. The van der Waals surface area contributed by atoms with Gasteiger partial charge >= 0.3 is 0 Å². The summed E-state index contributed by atoms with van der Waals surface area (Å²) in [6, 6.07) is 9.05. The topological polar surface area (TPSA) is 51.8 Å². The highest BCUT2D eigenvalue weighted by Gasteiger charge is 2.10. The van der Waals surface area contributed by atoms with E-state index in [0.29, 0.717) is 5.02 Å². The van der Waals surface area contributed by atoms with Crippen LogP contribution in [0.4, 0.5) is 0 Å². The zero-order valence-electron chi connectivity index (χ0n) is 8.89. The molecule has 0 amide bonds. The van der Waals surface area contributed by atoms with Crippen LogP contribution in [0.15, 0.2) is 36.5 Å². The van der Waals surface area contributed by atoms with E-state index < -0.39 is 0 Å². The van der Waals surface area contributed by atoms with Crippen LogP contribution >= 0.6 is 11.6 Å². The molecule has 4 heteroatoms. The van der Waals surface area contributed by atoms with Gasteiger partial charge in [0.2, 0.25) is 0 Å². The van der Waals surface area contributed by atoms with Crippen molar-refractivity contribution >= 4 is 11.6 Å². The molecule has 0 saturated carbocycles. The van der Waals surface area contributed by atoms with E-state index in [1.807, 2.05) is 37.3 Å². The average molecular weight is 234 g/mol. The van der Waals surface area contributed by atoms with Gasteiger partial charge in [-0.05, 0) is 30.7 Å². The molecule has 3 nitrogen and oxygen atoms in total. The fourth-order valence-corrected chi connectivity index (χ4v) is 1.72. The Morgan fingerprint density at radius 3 is 2.81 bits per heavy atom. The van der Waals surface area contributed by atoms with Crippen LogP contribution in [0.3, 0.4) is 0 Å². The summed E-state index contributed by atoms with van der Waals surface area (Å²) in [7, 11) is 0. The van der Waals surface area contributed by atoms with Crippen molar-refractivity contribution in [2.45, 2.75) is 13.0 Å². The summed E-state index contributed by atoms with van der Waals surface area (Å²) < 4.78 is 0. The molecule has 0 aliphatic heterocycles. The zero-order chi connectivity index (χ0) is 11.5. The normalized spacial score (nSPS) is 12.4. The number of aromatic nitrogens is 2. The molecule has 0 saturated heterocycles. The van der Waals surface area contributed by atoms with Crippen LogP contribution in [0.1, 0.15) is 23.1 Å². The van der Waals surface area contributed by atoms with E-state index in [2.05, 4.69) is 9.97 Å². The van der Waals surface area contributed by atoms with Crippen LogP contribution in [0.25, 0.3) is 0 Å². The van der Waals surface area contributed by atoms with Gasteiger partial charge in [-0.15, -0.1) is 0 Å². The second kappa shape index (κ2) is 4.60. The van der Waals surface area contributed by atoms with Crippen molar-refractivity contribution in [1.29, 1.82) is 0 Å². The van der Waals surface area contributed by atoms with Gasteiger partial charge in [0, 0.05) is 11.2 Å². The van der Waals surface area contributed by atoms with E-state index >= 15 is 0 Å². The summed E-state index contributed by atoms with van der Waals surface area (Å²) in [5.41, 5.74) is 7.86. The lowest BCUT2D eigenvalue weighted by atomic mass is 10.0. The van der Waals surface area contributed by atoms with Gasteiger partial charge in [-0.1, -0.05) is 23.7 Å². The third-order valence-electron chi connectivity index (χ3n) is 2.32. The van der Waals surface area contributed by atoms with E-state index in [1.165, 1.54) is 0 Å². The molecule has 1 heterocycles. The molecule has 1 aromatic carbocycles. The monoisotopic (exact) mass is 233 g/mol. The van der Waals surface area contributed by atoms with Crippen LogP contribution < -0.4 is 5.73 Å². The summed E-state index contributed by atoms with van der Waals surface area (Å²) in [5.74, 6) is 0.718. The summed E-state index contributed by atoms with van der Waals surface area (Å²) in [4.78, 5) is 8.34. The maximum Gasteiger partial charge on any atom is 0.125 e. The predicted octanol–water partition coefficient (Wildman–Crippen LogP) is 2.49. The van der Waals surface area contributed by atoms with Gasteiger partial charge in [0.15, 0.2) is 0 Å². The van der Waals surface area contributed by atoms with Crippen molar-refractivity contribution in [2.24, 2.45) is 5.73 Å². The quantitative estimate of drug-likeness (QED) is 0.867. The van der Waals surface area contributed by atoms with E-state index in [0.717, 1.165) is 17.1 Å². The number of hydrogen-bond donors (Lipinski definition) is 1. The number of halogens is 1. The first-order valence-corrected chi connectivity index (χ1v) is 5.35. The Kier molecular flexibility index (Phi) is 3.17. The van der Waals surface area contributed by atoms with Crippen molar-refractivity contribution < 1.29 is 0 Å². The van der Waals surface area contributed by atoms with Gasteiger partial charge in [-0.3, -0.25) is 0 Å². The molecule has 0 radical (unpaired) electrons. The second-order valence-corrected chi connectivity index (χ2v) is 4.00. The molecule has 0 aliphatic rings. The van der Waals surface area contributed by atoms with Crippen molar-refractivity contribution in [3.8, 4) is 0 Å². The number of rotatable bonds is 2. The Balaban J connectivity index is 2.35. The molecule has 1 atom stereocenters. The molecule has 0 aliphatic carbocycles. The lowest BCUT2D eigenvalue weighted by Crippen LogP contribution is -2.14. The summed E-state index contributed by atoms with van der Waals surface area (Å²) in [6.45, 7) is 1.84. The van der Waals surface area contributed by atoms with Crippen LogP contribution in [0, 0.1) is 6.92 Å². The third kappa shape index (κ3) is 2.38. The van der Waals surface area contributed by atoms with Gasteiger partial charge < -0.3 is 5.73 Å². The second-order valence-electron chi connectivity index (χ2n) is 3.56. The number of aryl methyl sites for hydroxylation is 1. The van der Waals surface area contributed by atoms with Crippen molar-refractivity contribution in [3.05, 3.63) is 58.6 Å². The van der Waals surface area contributed by atoms with E-state index in [9.17, 15) is 0 Å². The standard InChI is InChI=1S/C12H12ClN3/c1-8-15-6-5-11(16-8)12(14)9-3-2-4-10(13)7-9/h2-7,12H,14H2,1H3. The predicted molar refractivity (Wildman–Crippen MR) is 64.3 cm³/mol. The molecule has 82 valence electrons. The highest BCUT2D eigenvalue weighted by Crippen LogP contribution is 2.20. The van der Waals surface area contributed by atoms with Gasteiger partial charge in [0.25, 0.3) is 0 Å². The molecule has 1 aromatic heterocycles. The van der Waals surface area contributed by atoms with Crippen molar-refractivity contribution in [2.75, 3.05) is 0 Å². The van der Waals surface area contributed by atoms with E-state index in [1.54, 1.807) is 6.20 Å². The molecule has 16 heavy (non-hydrogen) atoms. The fourth-order valence-electron chi connectivity index (χ4n) is 1.52. The Morgan fingerprint density at radius 2 is 2.12 bits per heavy atom. The molecule has 2 aromatic rings. The molecule has 2 rings (SSSR count). The van der Waals surface area contributed by atoms with Crippen molar-refractivity contribution in [3.63, 3.8) is 0 Å². The Labute approximate surface area is 99.3 Å². The lowest BCUT2D eigenvalue weighted by Gasteiger charge is -2.11. The number of nitrogens with zero attached hydrogens (tertiary/aromatic N) is 2. The lowest BCUT2D eigenvalue weighted by molar-refractivity contribution is 0.807. The number of benzene rings is 1. The molecule has 0 spiro atoms. The Bertz CT molecular complexity index is 454. The first-order valence-electron chi connectivity index (χ1n) is 4.97. The average Bonchev–Trinajstić information content (AvgIpc) is 2.28. The third-order valence-corrected chi connectivity index (χ3v) is 2.56. The molecule has 0 bridgehead atoms. The van der Waals surface area contributed by atoms with Crippen LogP contribution in [-0.4, -0.2) is 9.97 Å². The Hall–Kier alpha value is -1.45. The minimum absolute atomic E-state index is 0.264. The maximum atomic E-state index is 6.11. The first-order chi connectivity index (χ1) is 7.66. The summed E-state index contributed by atoms with van der Waals surface area (Å²) in [5, 5.41) is 0.679. The van der Waals surface area contributed by atoms with Gasteiger partial charge in [-0.2, -0.15) is 0 Å². The minimum atomic E-state index is -0.264. The molecule has 0 fully saturated rings. The van der Waals surface area contributed by atoms with Crippen molar-refractivity contribution in [1.82, 2.24) is 9.97 Å². The SMILES string of the molecule is Cc1nccc(C(N)c2cccc(Cl)c2)n1. The Morgan fingerprint density at radius 1 is 1.31 bits per heavy atom. The first kappa shape index (κ1) is 11.0. The zero-order valence-corrected chi connectivity index (χ0v) is 9.65. The van der Waals surface area contributed by atoms with E-state index in [4.69, 9.17) is 17.3 Å². The van der Waals surface area contributed by atoms with E-state index in [-0.39, 0.29) is 6.04 Å². The summed E-state index contributed by atoms with van der Waals surface area (Å²) in [6.07, 6.45) is 1.71. The number of nitrogens with two attached hydrogens (primary N) is 1. The van der Waals surface area contributed by atoms with Crippen LogP contribution in [-0.2, 0) is 0 Å². The largest absolute Gasteiger partial charge is 0.319 e. The molecule has 1 unspecified atom stereocenters. The minimum Gasteiger partial charge on any atom is -0.319 e.